The van der Waals surface area contributed by atoms with E-state index in [1.165, 1.54) is 11.3 Å². The summed E-state index contributed by atoms with van der Waals surface area (Å²) in [6.45, 7) is 2.75. The summed E-state index contributed by atoms with van der Waals surface area (Å²) in [5, 5.41) is 4.21. The van der Waals surface area contributed by atoms with Gasteiger partial charge in [-0.15, -0.1) is 0 Å². The van der Waals surface area contributed by atoms with Gasteiger partial charge in [0, 0.05) is 40.1 Å². The van der Waals surface area contributed by atoms with E-state index in [0.29, 0.717) is 0 Å². The Morgan fingerprint density at radius 2 is 2.05 bits per heavy atom. The van der Waals surface area contributed by atoms with Gasteiger partial charge in [-0.1, -0.05) is 0 Å². The van der Waals surface area contributed by atoms with E-state index < -0.39 is 0 Å². The van der Waals surface area contributed by atoms with Gasteiger partial charge in [-0.2, -0.15) is 5.10 Å². The number of aromatic nitrogens is 2. The van der Waals surface area contributed by atoms with Crippen LogP contribution in [0.5, 0.6) is 0 Å². The molecule has 1 aromatic heterocycles. The maximum absolute atomic E-state index is 4.55. The molecule has 3 heterocycles. The van der Waals surface area contributed by atoms with Crippen LogP contribution in [-0.4, -0.2) is 64.3 Å². The average Bonchev–Trinajstić information content (AvgIpc) is 2.98. The van der Waals surface area contributed by atoms with Gasteiger partial charge in [-0.3, -0.25) is 4.68 Å². The third-order valence-corrected chi connectivity index (χ3v) is 3.80. The Morgan fingerprint density at radius 1 is 1.20 bits per heavy atom. The van der Waals surface area contributed by atoms with Crippen molar-refractivity contribution in [3.8, 4) is 0 Å². The predicted octanol–water partition coefficient (Wildman–Crippen LogP) is 0.700. The minimum Gasteiger partial charge on any atom is -0.358 e. The molecule has 0 fully saturated rings. The molecule has 0 saturated carbocycles. The molecule has 0 aromatic carbocycles. The first-order chi connectivity index (χ1) is 9.63. The lowest BCUT2D eigenvalue weighted by atomic mass is 10.2. The van der Waals surface area contributed by atoms with Crippen molar-refractivity contribution in [3.05, 3.63) is 29.9 Å². The molecule has 0 spiro atoms. The Bertz CT molecular complexity index is 544. The van der Waals surface area contributed by atoms with Crippen LogP contribution in [0.3, 0.4) is 0 Å². The first-order valence-corrected chi connectivity index (χ1v) is 7.04. The van der Waals surface area contributed by atoms with Crippen LogP contribution in [0.4, 0.5) is 0 Å². The fourth-order valence-corrected chi connectivity index (χ4v) is 2.75. The predicted molar refractivity (Wildman–Crippen MR) is 79.0 cm³/mol. The number of hydrogen-bond donors (Lipinski definition) is 0. The maximum Gasteiger partial charge on any atom is 0.152 e. The smallest absolute Gasteiger partial charge is 0.152 e. The normalized spacial score (nSPS) is 18.2. The standard InChI is InChI=1S/C14H22N6/c1-17-10-15-14-13(17)9-20(11-18(14)2)6-4-5-12-7-16-19(3)8-12/h7-9H,4-6,10-11H2,1-3H3. The number of aryl methyl sites for hydroxylation is 2. The minimum atomic E-state index is 0.773. The molecule has 0 aliphatic carbocycles. The first kappa shape index (κ1) is 13.0. The van der Waals surface area contributed by atoms with Crippen LogP contribution in [-0.2, 0) is 13.5 Å². The third kappa shape index (κ3) is 2.50. The van der Waals surface area contributed by atoms with Gasteiger partial charge in [0.1, 0.15) is 6.67 Å². The fraction of sp³-hybridized carbons (Fsp3) is 0.571. The van der Waals surface area contributed by atoms with Gasteiger partial charge in [0.05, 0.1) is 18.6 Å². The molecule has 0 unspecified atom stereocenters. The van der Waals surface area contributed by atoms with Crippen LogP contribution in [0.15, 0.2) is 29.3 Å². The SMILES string of the molecule is CN1CN=C2C1=CN(CCCc1cnn(C)c1)CN2C. The zero-order valence-corrected chi connectivity index (χ0v) is 12.5. The van der Waals surface area contributed by atoms with Crippen LogP contribution in [0.25, 0.3) is 0 Å². The van der Waals surface area contributed by atoms with Gasteiger partial charge < -0.3 is 14.7 Å². The molecule has 0 radical (unpaired) electrons. The van der Waals surface area contributed by atoms with Crippen molar-refractivity contribution < 1.29 is 0 Å². The van der Waals surface area contributed by atoms with Crippen molar-refractivity contribution in [2.24, 2.45) is 12.0 Å². The van der Waals surface area contributed by atoms with Gasteiger partial charge in [0.15, 0.2) is 5.84 Å². The van der Waals surface area contributed by atoms with Gasteiger partial charge in [0.25, 0.3) is 0 Å². The van der Waals surface area contributed by atoms with E-state index in [-0.39, 0.29) is 0 Å². The number of nitrogens with zero attached hydrogens (tertiary/aromatic N) is 6. The van der Waals surface area contributed by atoms with Gasteiger partial charge in [0.2, 0.25) is 0 Å². The Kier molecular flexibility index (Phi) is 3.38. The maximum atomic E-state index is 4.55. The lowest BCUT2D eigenvalue weighted by Gasteiger charge is -2.34. The third-order valence-electron chi connectivity index (χ3n) is 3.80. The van der Waals surface area contributed by atoms with E-state index in [4.69, 9.17) is 0 Å². The highest BCUT2D eigenvalue weighted by Gasteiger charge is 2.27. The molecule has 6 heteroatoms. The quantitative estimate of drug-likeness (QED) is 0.810. The molecule has 0 saturated heterocycles. The number of aliphatic imine (C=N–C) groups is 1. The van der Waals surface area contributed by atoms with E-state index in [1.807, 2.05) is 17.9 Å². The minimum absolute atomic E-state index is 0.773. The summed E-state index contributed by atoms with van der Waals surface area (Å²) in [5.41, 5.74) is 2.55. The van der Waals surface area contributed by atoms with E-state index in [0.717, 1.165) is 38.6 Å². The molecule has 0 N–H and O–H groups in total. The van der Waals surface area contributed by atoms with Crippen LogP contribution in [0.1, 0.15) is 12.0 Å². The van der Waals surface area contributed by atoms with Crippen LogP contribution >= 0.6 is 0 Å². The summed E-state index contributed by atoms with van der Waals surface area (Å²) < 4.78 is 1.86. The van der Waals surface area contributed by atoms with E-state index in [1.54, 1.807) is 0 Å². The zero-order valence-electron chi connectivity index (χ0n) is 12.5. The molecular formula is C14H22N6. The van der Waals surface area contributed by atoms with E-state index in [2.05, 4.69) is 51.3 Å². The monoisotopic (exact) mass is 274 g/mol. The summed E-state index contributed by atoms with van der Waals surface area (Å²) in [7, 11) is 6.17. The highest BCUT2D eigenvalue weighted by Crippen LogP contribution is 2.20. The van der Waals surface area contributed by atoms with Crippen molar-refractivity contribution in [1.29, 1.82) is 0 Å². The number of likely N-dealkylation sites (N-methyl/N-ethyl adjacent to an activating group) is 2. The second-order valence-electron chi connectivity index (χ2n) is 5.61. The number of rotatable bonds is 4. The Morgan fingerprint density at radius 3 is 2.80 bits per heavy atom. The Hall–Kier alpha value is -1.98. The van der Waals surface area contributed by atoms with Crippen molar-refractivity contribution in [2.75, 3.05) is 34.0 Å². The average molecular weight is 274 g/mol. The molecule has 20 heavy (non-hydrogen) atoms. The highest BCUT2D eigenvalue weighted by atomic mass is 15.4. The van der Waals surface area contributed by atoms with E-state index >= 15 is 0 Å². The molecule has 1 aromatic rings. The molecule has 2 aliphatic heterocycles. The molecule has 3 rings (SSSR count). The topological polar surface area (TPSA) is 39.9 Å². The largest absolute Gasteiger partial charge is 0.358 e. The number of hydrogen-bond acceptors (Lipinski definition) is 5. The summed E-state index contributed by atoms with van der Waals surface area (Å²) in [6.07, 6.45) is 8.51. The molecular weight excluding hydrogens is 252 g/mol. The van der Waals surface area contributed by atoms with Crippen LogP contribution in [0.2, 0.25) is 0 Å². The van der Waals surface area contributed by atoms with Gasteiger partial charge in [-0.05, 0) is 18.4 Å². The summed E-state index contributed by atoms with van der Waals surface area (Å²) >= 11 is 0. The lowest BCUT2D eigenvalue weighted by Crippen LogP contribution is -2.43. The summed E-state index contributed by atoms with van der Waals surface area (Å²) in [4.78, 5) is 11.3. The van der Waals surface area contributed by atoms with E-state index in [9.17, 15) is 0 Å². The molecule has 0 amide bonds. The zero-order chi connectivity index (χ0) is 14.1. The second-order valence-corrected chi connectivity index (χ2v) is 5.61. The number of fused-ring (bicyclic) bond motifs is 1. The number of amidine groups is 1. The second kappa shape index (κ2) is 5.19. The fourth-order valence-electron chi connectivity index (χ4n) is 2.75. The van der Waals surface area contributed by atoms with Crippen LogP contribution in [0, 0.1) is 0 Å². The molecule has 6 nitrogen and oxygen atoms in total. The lowest BCUT2D eigenvalue weighted by molar-refractivity contribution is 0.252. The summed E-state index contributed by atoms with van der Waals surface area (Å²) in [6, 6.07) is 0. The molecule has 0 bridgehead atoms. The Balaban J connectivity index is 1.57. The first-order valence-electron chi connectivity index (χ1n) is 7.04. The Labute approximate surface area is 120 Å². The van der Waals surface area contributed by atoms with Gasteiger partial charge >= 0.3 is 0 Å². The van der Waals surface area contributed by atoms with Crippen molar-refractivity contribution >= 4 is 5.84 Å². The summed E-state index contributed by atoms with van der Waals surface area (Å²) in [5.74, 6) is 1.12. The molecule has 108 valence electrons. The van der Waals surface area contributed by atoms with Crippen molar-refractivity contribution in [1.82, 2.24) is 24.5 Å². The van der Waals surface area contributed by atoms with Crippen molar-refractivity contribution in [2.45, 2.75) is 12.8 Å². The van der Waals surface area contributed by atoms with Gasteiger partial charge in [-0.25, -0.2) is 4.99 Å². The van der Waals surface area contributed by atoms with Crippen LogP contribution < -0.4 is 0 Å². The molecule has 0 atom stereocenters. The highest BCUT2D eigenvalue weighted by molar-refractivity contribution is 5.99. The van der Waals surface area contributed by atoms with Crippen molar-refractivity contribution in [3.63, 3.8) is 0 Å². The molecule has 2 aliphatic rings.